The predicted octanol–water partition coefficient (Wildman–Crippen LogP) is -0.485. The van der Waals surface area contributed by atoms with Gasteiger partial charge >= 0.3 is 0 Å². The molecule has 0 radical (unpaired) electrons. The summed E-state index contributed by atoms with van der Waals surface area (Å²) in [6.07, 6.45) is -1.43. The minimum Gasteiger partial charge on any atom is -0.369 e. The SMILES string of the molecule is C=C1NCC(F)C(=O)N1. The predicted molar refractivity (Wildman–Crippen MR) is 30.2 cm³/mol. The van der Waals surface area contributed by atoms with Crippen molar-refractivity contribution in [1.29, 1.82) is 0 Å². The van der Waals surface area contributed by atoms with Crippen LogP contribution in [0.25, 0.3) is 0 Å². The molecule has 0 saturated carbocycles. The standard InChI is InChI=1S/C5H7FN2O/c1-3-7-2-4(6)5(9)8-3/h4,7H,1-2H2,(H,8,9). The fraction of sp³-hybridized carbons (Fsp3) is 0.400. The number of hydrogen-bond donors (Lipinski definition) is 2. The highest BCUT2D eigenvalue weighted by atomic mass is 19.1. The first-order chi connectivity index (χ1) is 4.20. The molecule has 1 aliphatic heterocycles. The van der Waals surface area contributed by atoms with Gasteiger partial charge in [-0.05, 0) is 0 Å². The molecular weight excluding hydrogens is 123 g/mol. The van der Waals surface area contributed by atoms with Crippen LogP contribution >= 0.6 is 0 Å². The van der Waals surface area contributed by atoms with E-state index in [0.717, 1.165) is 0 Å². The summed E-state index contributed by atoms with van der Waals surface area (Å²) in [6.45, 7) is 3.42. The molecule has 1 atom stereocenters. The first kappa shape index (κ1) is 6.07. The highest BCUT2D eigenvalue weighted by Crippen LogP contribution is 1.96. The molecule has 0 bridgehead atoms. The fourth-order valence-electron chi connectivity index (χ4n) is 0.577. The smallest absolute Gasteiger partial charge is 0.261 e. The number of amides is 1. The van der Waals surface area contributed by atoms with E-state index in [1.54, 1.807) is 0 Å². The maximum atomic E-state index is 12.2. The van der Waals surface area contributed by atoms with Gasteiger partial charge in [-0.2, -0.15) is 0 Å². The molecule has 1 rings (SSSR count). The second kappa shape index (κ2) is 2.05. The Kier molecular flexibility index (Phi) is 1.38. The molecule has 1 aliphatic rings. The molecule has 50 valence electrons. The van der Waals surface area contributed by atoms with Gasteiger partial charge < -0.3 is 10.6 Å². The third-order valence-electron chi connectivity index (χ3n) is 1.05. The van der Waals surface area contributed by atoms with Crippen molar-refractivity contribution in [2.45, 2.75) is 6.17 Å². The van der Waals surface area contributed by atoms with Gasteiger partial charge in [0.25, 0.3) is 5.91 Å². The third kappa shape index (κ3) is 1.19. The minimum absolute atomic E-state index is 0.0324. The van der Waals surface area contributed by atoms with Crippen LogP contribution in [0.2, 0.25) is 0 Å². The molecular formula is C5H7FN2O. The van der Waals surface area contributed by atoms with E-state index in [-0.39, 0.29) is 6.54 Å². The molecule has 2 N–H and O–H groups in total. The summed E-state index contributed by atoms with van der Waals surface area (Å²) in [5.41, 5.74) is 0. The zero-order valence-electron chi connectivity index (χ0n) is 4.78. The number of rotatable bonds is 0. The Morgan fingerprint density at radius 3 is 2.89 bits per heavy atom. The normalized spacial score (nSPS) is 27.0. The van der Waals surface area contributed by atoms with Crippen LogP contribution in [0.4, 0.5) is 4.39 Å². The molecule has 0 aliphatic carbocycles. The van der Waals surface area contributed by atoms with Crippen molar-refractivity contribution in [2.75, 3.05) is 6.54 Å². The summed E-state index contributed by atoms with van der Waals surface area (Å²) in [4.78, 5) is 10.4. The summed E-state index contributed by atoms with van der Waals surface area (Å²) in [6, 6.07) is 0. The number of hydrogen-bond acceptors (Lipinski definition) is 2. The molecule has 0 spiro atoms. The lowest BCUT2D eigenvalue weighted by molar-refractivity contribution is -0.126. The zero-order chi connectivity index (χ0) is 6.85. The van der Waals surface area contributed by atoms with Crippen molar-refractivity contribution in [3.63, 3.8) is 0 Å². The van der Waals surface area contributed by atoms with Crippen LogP contribution in [0.1, 0.15) is 0 Å². The molecule has 4 heteroatoms. The topological polar surface area (TPSA) is 41.1 Å². The maximum absolute atomic E-state index is 12.2. The van der Waals surface area contributed by atoms with Gasteiger partial charge in [0.15, 0.2) is 6.17 Å². The monoisotopic (exact) mass is 130 g/mol. The van der Waals surface area contributed by atoms with Crippen molar-refractivity contribution in [2.24, 2.45) is 0 Å². The summed E-state index contributed by atoms with van der Waals surface area (Å²) in [7, 11) is 0. The van der Waals surface area contributed by atoms with E-state index >= 15 is 0 Å². The number of nitrogens with one attached hydrogen (secondary N) is 2. The van der Waals surface area contributed by atoms with Crippen LogP contribution < -0.4 is 10.6 Å². The van der Waals surface area contributed by atoms with E-state index in [0.29, 0.717) is 5.82 Å². The molecule has 0 aromatic carbocycles. The molecule has 0 aromatic rings. The number of alkyl halides is 1. The van der Waals surface area contributed by atoms with Gasteiger partial charge in [0, 0.05) is 0 Å². The van der Waals surface area contributed by atoms with Gasteiger partial charge in [-0.15, -0.1) is 0 Å². The van der Waals surface area contributed by atoms with Gasteiger partial charge in [0.2, 0.25) is 0 Å². The molecule has 1 fully saturated rings. The van der Waals surface area contributed by atoms with Crippen LogP contribution in [-0.2, 0) is 4.79 Å². The molecule has 0 aromatic heterocycles. The zero-order valence-corrected chi connectivity index (χ0v) is 4.78. The van der Waals surface area contributed by atoms with Crippen molar-refractivity contribution in [3.05, 3.63) is 12.4 Å². The summed E-state index contributed by atoms with van der Waals surface area (Å²) in [5, 5.41) is 4.77. The van der Waals surface area contributed by atoms with Crippen molar-refractivity contribution in [3.8, 4) is 0 Å². The number of halogens is 1. The van der Waals surface area contributed by atoms with Crippen LogP contribution in [0, 0.1) is 0 Å². The summed E-state index contributed by atoms with van der Waals surface area (Å²) < 4.78 is 12.2. The number of carbonyl (C=O) groups excluding carboxylic acids is 1. The van der Waals surface area contributed by atoms with E-state index < -0.39 is 12.1 Å². The largest absolute Gasteiger partial charge is 0.369 e. The quantitative estimate of drug-likeness (QED) is 0.464. The lowest BCUT2D eigenvalue weighted by Crippen LogP contribution is -2.47. The minimum atomic E-state index is -1.43. The average Bonchev–Trinajstić information content (AvgIpc) is 1.80. The molecule has 1 saturated heterocycles. The van der Waals surface area contributed by atoms with Crippen LogP contribution in [-0.4, -0.2) is 18.6 Å². The van der Waals surface area contributed by atoms with E-state index in [9.17, 15) is 9.18 Å². The Hall–Kier alpha value is -1.06. The van der Waals surface area contributed by atoms with Gasteiger partial charge in [-0.3, -0.25) is 4.79 Å². The first-order valence-corrected chi connectivity index (χ1v) is 2.58. The molecule has 9 heavy (non-hydrogen) atoms. The first-order valence-electron chi connectivity index (χ1n) is 2.58. The second-order valence-corrected chi connectivity index (χ2v) is 1.82. The lowest BCUT2D eigenvalue weighted by Gasteiger charge is -2.19. The molecule has 3 nitrogen and oxygen atoms in total. The Bertz CT molecular complexity index is 157. The van der Waals surface area contributed by atoms with E-state index in [4.69, 9.17) is 0 Å². The second-order valence-electron chi connectivity index (χ2n) is 1.82. The summed E-state index contributed by atoms with van der Waals surface area (Å²) >= 11 is 0. The highest BCUT2D eigenvalue weighted by Gasteiger charge is 2.21. The van der Waals surface area contributed by atoms with E-state index in [1.807, 2.05) is 0 Å². The Morgan fingerprint density at radius 1 is 1.78 bits per heavy atom. The van der Waals surface area contributed by atoms with E-state index in [1.165, 1.54) is 0 Å². The molecule has 1 heterocycles. The van der Waals surface area contributed by atoms with Gasteiger partial charge in [0.05, 0.1) is 12.4 Å². The maximum Gasteiger partial charge on any atom is 0.261 e. The van der Waals surface area contributed by atoms with Crippen molar-refractivity contribution in [1.82, 2.24) is 10.6 Å². The van der Waals surface area contributed by atoms with Gasteiger partial charge in [-0.1, -0.05) is 6.58 Å². The Balaban J connectivity index is 2.54. The highest BCUT2D eigenvalue weighted by molar-refractivity contribution is 5.83. The Morgan fingerprint density at radius 2 is 2.44 bits per heavy atom. The van der Waals surface area contributed by atoms with Crippen LogP contribution in [0.3, 0.4) is 0 Å². The lowest BCUT2D eigenvalue weighted by atomic mass is 10.3. The third-order valence-corrected chi connectivity index (χ3v) is 1.05. The van der Waals surface area contributed by atoms with Crippen molar-refractivity contribution < 1.29 is 9.18 Å². The summed E-state index contributed by atoms with van der Waals surface area (Å²) in [5.74, 6) is -0.243. The number of carbonyl (C=O) groups is 1. The van der Waals surface area contributed by atoms with Crippen LogP contribution in [0.15, 0.2) is 12.4 Å². The molecule has 1 unspecified atom stereocenters. The molecule has 1 amide bonds. The van der Waals surface area contributed by atoms with E-state index in [2.05, 4.69) is 17.2 Å². The van der Waals surface area contributed by atoms with Gasteiger partial charge in [0.1, 0.15) is 0 Å². The van der Waals surface area contributed by atoms with Crippen molar-refractivity contribution >= 4 is 5.91 Å². The fourth-order valence-corrected chi connectivity index (χ4v) is 0.577. The van der Waals surface area contributed by atoms with Gasteiger partial charge in [-0.25, -0.2) is 4.39 Å². The Labute approximate surface area is 51.9 Å². The average molecular weight is 130 g/mol. The van der Waals surface area contributed by atoms with Crippen LogP contribution in [0.5, 0.6) is 0 Å².